The van der Waals surface area contributed by atoms with Gasteiger partial charge in [-0.1, -0.05) is 0 Å². The van der Waals surface area contributed by atoms with E-state index < -0.39 is 24.4 Å². The normalized spacial score (nSPS) is 45.8. The lowest BCUT2D eigenvalue weighted by molar-refractivity contribution is -0.208. The first-order valence-corrected chi connectivity index (χ1v) is 3.41. The van der Waals surface area contributed by atoms with Gasteiger partial charge in [0.25, 0.3) is 0 Å². The molecule has 0 saturated carbocycles. The molecule has 5 heteroatoms. The number of ether oxygens (including phenoxy) is 1. The van der Waals surface area contributed by atoms with Gasteiger partial charge in [-0.2, -0.15) is 0 Å². The van der Waals surface area contributed by atoms with Crippen molar-refractivity contribution in [2.75, 3.05) is 13.2 Å². The largest absolute Gasteiger partial charge is 0.394 e. The molecule has 5 nitrogen and oxygen atoms in total. The molecule has 1 radical (unpaired) electrons. The number of aliphatic hydroxyl groups excluding tert-OH is 3. The molecule has 0 spiro atoms. The number of aliphatic hydroxyl groups is 3. The molecular formula is C6H11O5. The van der Waals surface area contributed by atoms with Gasteiger partial charge in [0.1, 0.15) is 24.4 Å². The van der Waals surface area contributed by atoms with Crippen molar-refractivity contribution in [1.82, 2.24) is 0 Å². The maximum absolute atomic E-state index is 10.7. The van der Waals surface area contributed by atoms with Gasteiger partial charge in [0.15, 0.2) is 0 Å². The summed E-state index contributed by atoms with van der Waals surface area (Å²) in [6, 6.07) is 0. The van der Waals surface area contributed by atoms with E-state index >= 15 is 0 Å². The average molecular weight is 163 g/mol. The maximum atomic E-state index is 10.7. The Hall–Kier alpha value is -0.200. The first-order chi connectivity index (χ1) is 5.16. The van der Waals surface area contributed by atoms with Gasteiger partial charge >= 0.3 is 0 Å². The Morgan fingerprint density at radius 2 is 2.00 bits per heavy atom. The highest BCUT2D eigenvalue weighted by Gasteiger charge is 2.37. The molecule has 0 aliphatic carbocycles. The SMILES string of the molecule is [O][C@@H]1CO[C@H](CO)[C@@H](O)[C@@H]1O. The van der Waals surface area contributed by atoms with Gasteiger partial charge in [-0.3, -0.25) is 0 Å². The summed E-state index contributed by atoms with van der Waals surface area (Å²) in [5.41, 5.74) is 0. The van der Waals surface area contributed by atoms with Crippen LogP contribution < -0.4 is 0 Å². The molecule has 1 fully saturated rings. The van der Waals surface area contributed by atoms with Crippen molar-refractivity contribution in [2.24, 2.45) is 0 Å². The Bertz CT molecular complexity index is 126. The fraction of sp³-hybridized carbons (Fsp3) is 1.00. The van der Waals surface area contributed by atoms with Crippen molar-refractivity contribution in [3.05, 3.63) is 0 Å². The smallest absolute Gasteiger partial charge is 0.145 e. The number of rotatable bonds is 1. The molecular weight excluding hydrogens is 152 g/mol. The fourth-order valence-corrected chi connectivity index (χ4v) is 1.02. The first kappa shape index (κ1) is 8.89. The van der Waals surface area contributed by atoms with Crippen molar-refractivity contribution in [3.63, 3.8) is 0 Å². The van der Waals surface area contributed by atoms with Crippen molar-refractivity contribution in [3.8, 4) is 0 Å². The van der Waals surface area contributed by atoms with Crippen LogP contribution in [0.1, 0.15) is 0 Å². The molecule has 0 amide bonds. The van der Waals surface area contributed by atoms with Crippen LogP contribution in [0.2, 0.25) is 0 Å². The monoisotopic (exact) mass is 163 g/mol. The Morgan fingerprint density at radius 1 is 1.36 bits per heavy atom. The number of hydrogen-bond acceptors (Lipinski definition) is 4. The summed E-state index contributed by atoms with van der Waals surface area (Å²) in [5.74, 6) is 0. The van der Waals surface area contributed by atoms with Crippen LogP contribution >= 0.6 is 0 Å². The van der Waals surface area contributed by atoms with Crippen LogP contribution in [0, 0.1) is 0 Å². The lowest BCUT2D eigenvalue weighted by Gasteiger charge is -2.33. The van der Waals surface area contributed by atoms with E-state index in [1.54, 1.807) is 0 Å². The zero-order valence-electron chi connectivity index (χ0n) is 5.88. The van der Waals surface area contributed by atoms with Crippen molar-refractivity contribution >= 4 is 0 Å². The van der Waals surface area contributed by atoms with Crippen LogP contribution in [0.3, 0.4) is 0 Å². The van der Waals surface area contributed by atoms with Gasteiger partial charge in [0, 0.05) is 0 Å². The van der Waals surface area contributed by atoms with Crippen molar-refractivity contribution < 1.29 is 25.2 Å². The molecule has 0 bridgehead atoms. The quantitative estimate of drug-likeness (QED) is 0.413. The molecule has 0 unspecified atom stereocenters. The second kappa shape index (κ2) is 3.46. The van der Waals surface area contributed by atoms with Crippen LogP contribution in [0.4, 0.5) is 0 Å². The standard InChI is InChI=1S/C6H11O5/c7-1-4-6(10)5(9)3(8)2-11-4/h3-7,9-10H,1-2H2/t3-,4-,5-,6-/m1/s1. The Kier molecular flexibility index (Phi) is 2.80. The molecule has 0 aromatic carbocycles. The van der Waals surface area contributed by atoms with Crippen molar-refractivity contribution in [1.29, 1.82) is 0 Å². The van der Waals surface area contributed by atoms with Crippen LogP contribution in [-0.4, -0.2) is 52.9 Å². The third kappa shape index (κ3) is 1.69. The molecule has 3 N–H and O–H groups in total. The second-order valence-corrected chi connectivity index (χ2v) is 2.57. The lowest BCUT2D eigenvalue weighted by Crippen LogP contribution is -2.53. The molecule has 1 aliphatic heterocycles. The number of hydrogen-bond donors (Lipinski definition) is 3. The van der Waals surface area contributed by atoms with E-state index in [-0.39, 0.29) is 13.2 Å². The van der Waals surface area contributed by atoms with E-state index in [0.717, 1.165) is 0 Å². The van der Waals surface area contributed by atoms with E-state index in [1.165, 1.54) is 0 Å². The van der Waals surface area contributed by atoms with E-state index in [9.17, 15) is 5.11 Å². The van der Waals surface area contributed by atoms with E-state index in [2.05, 4.69) is 0 Å². The molecule has 1 saturated heterocycles. The molecule has 1 rings (SSSR count). The van der Waals surface area contributed by atoms with Crippen LogP contribution in [0.5, 0.6) is 0 Å². The van der Waals surface area contributed by atoms with Crippen LogP contribution in [-0.2, 0) is 9.84 Å². The maximum Gasteiger partial charge on any atom is 0.145 e. The summed E-state index contributed by atoms with van der Waals surface area (Å²) in [7, 11) is 0. The third-order valence-electron chi connectivity index (χ3n) is 1.77. The summed E-state index contributed by atoms with van der Waals surface area (Å²) in [5, 5.41) is 37.4. The van der Waals surface area contributed by atoms with Crippen LogP contribution in [0.25, 0.3) is 0 Å². The van der Waals surface area contributed by atoms with E-state index in [4.69, 9.17) is 20.1 Å². The zero-order chi connectivity index (χ0) is 8.43. The molecule has 0 aromatic heterocycles. The van der Waals surface area contributed by atoms with Crippen LogP contribution in [0.15, 0.2) is 0 Å². The first-order valence-electron chi connectivity index (χ1n) is 3.41. The zero-order valence-corrected chi connectivity index (χ0v) is 5.88. The average Bonchev–Trinajstić information content (AvgIpc) is 2.01. The molecule has 0 aromatic rings. The summed E-state index contributed by atoms with van der Waals surface area (Å²) in [6.07, 6.45) is -4.74. The molecule has 1 aliphatic rings. The van der Waals surface area contributed by atoms with Gasteiger partial charge in [0.2, 0.25) is 0 Å². The van der Waals surface area contributed by atoms with Gasteiger partial charge in [-0.15, -0.1) is 0 Å². The van der Waals surface area contributed by atoms with E-state index in [0.29, 0.717) is 0 Å². The molecule has 11 heavy (non-hydrogen) atoms. The molecule has 1 heterocycles. The topological polar surface area (TPSA) is 89.8 Å². The molecule has 4 atom stereocenters. The summed E-state index contributed by atoms with van der Waals surface area (Å²) in [6.45, 7) is -0.547. The Morgan fingerprint density at radius 3 is 2.55 bits per heavy atom. The Labute approximate surface area is 63.8 Å². The van der Waals surface area contributed by atoms with Gasteiger partial charge in [0.05, 0.1) is 13.2 Å². The van der Waals surface area contributed by atoms with Gasteiger partial charge in [-0.25, -0.2) is 5.11 Å². The summed E-state index contributed by atoms with van der Waals surface area (Å²) >= 11 is 0. The minimum Gasteiger partial charge on any atom is -0.394 e. The lowest BCUT2D eigenvalue weighted by atomic mass is 10.0. The summed E-state index contributed by atoms with van der Waals surface area (Å²) < 4.78 is 4.75. The van der Waals surface area contributed by atoms with E-state index in [1.807, 2.05) is 0 Å². The molecule has 65 valence electrons. The van der Waals surface area contributed by atoms with Gasteiger partial charge < -0.3 is 20.1 Å². The highest BCUT2D eigenvalue weighted by Crippen LogP contribution is 2.14. The minimum atomic E-state index is -1.33. The predicted octanol–water partition coefficient (Wildman–Crippen LogP) is -2.10. The summed E-state index contributed by atoms with van der Waals surface area (Å²) in [4.78, 5) is 0. The third-order valence-corrected chi connectivity index (χ3v) is 1.77. The Balaban J connectivity index is 2.52. The van der Waals surface area contributed by atoms with Gasteiger partial charge in [-0.05, 0) is 0 Å². The predicted molar refractivity (Wildman–Crippen MR) is 33.3 cm³/mol. The fourth-order valence-electron chi connectivity index (χ4n) is 1.02. The highest BCUT2D eigenvalue weighted by atomic mass is 16.5. The van der Waals surface area contributed by atoms with Crippen molar-refractivity contribution in [2.45, 2.75) is 24.4 Å². The second-order valence-electron chi connectivity index (χ2n) is 2.57. The highest BCUT2D eigenvalue weighted by molar-refractivity contribution is 4.85. The minimum absolute atomic E-state index is 0.163.